The van der Waals surface area contributed by atoms with Gasteiger partial charge in [-0.25, -0.2) is 9.97 Å². The molecule has 0 spiro atoms. The highest BCUT2D eigenvalue weighted by molar-refractivity contribution is 5.68. The smallest absolute Gasteiger partial charge is 0.129 e. The highest BCUT2D eigenvalue weighted by Gasteiger charge is 2.18. The number of hydrogen-bond donors (Lipinski definition) is 2. The van der Waals surface area contributed by atoms with Gasteiger partial charge in [0, 0.05) is 32.0 Å². The Kier molecular flexibility index (Phi) is 5.30. The van der Waals surface area contributed by atoms with Crippen LogP contribution in [0.4, 0.5) is 11.6 Å². The van der Waals surface area contributed by atoms with Gasteiger partial charge in [0.1, 0.15) is 11.6 Å². The number of piperidine rings is 1. The van der Waals surface area contributed by atoms with Gasteiger partial charge in [0.05, 0.1) is 6.10 Å². The Balaban J connectivity index is 1.49. The molecule has 0 aliphatic carbocycles. The van der Waals surface area contributed by atoms with E-state index in [1.807, 2.05) is 42.7 Å². The highest BCUT2D eigenvalue weighted by atomic mass is 16.3. The normalized spacial score (nSPS) is 14.9. The Morgan fingerprint density at radius 2 is 1.63 bits per heavy atom. The van der Waals surface area contributed by atoms with Crippen molar-refractivity contribution >= 4 is 11.6 Å². The third-order valence-electron chi connectivity index (χ3n) is 4.94. The van der Waals surface area contributed by atoms with Crippen molar-refractivity contribution in [3.05, 3.63) is 72.6 Å². The Labute approximate surface area is 159 Å². The highest BCUT2D eigenvalue weighted by Crippen LogP contribution is 2.26. The zero-order valence-electron chi connectivity index (χ0n) is 15.3. The summed E-state index contributed by atoms with van der Waals surface area (Å²) in [6, 6.07) is 18.5. The summed E-state index contributed by atoms with van der Waals surface area (Å²) in [5.74, 6) is 1.82. The lowest BCUT2D eigenvalue weighted by atomic mass is 10.1. The van der Waals surface area contributed by atoms with Gasteiger partial charge < -0.3 is 15.3 Å². The molecule has 5 nitrogen and oxygen atoms in total. The van der Waals surface area contributed by atoms with Crippen LogP contribution in [0.25, 0.3) is 11.1 Å². The molecule has 2 aromatic heterocycles. The third-order valence-corrected chi connectivity index (χ3v) is 4.94. The molecule has 0 amide bonds. The number of benzene rings is 1. The molecule has 3 heterocycles. The molecule has 1 aromatic carbocycles. The molecular formula is C22H24N4O. The topological polar surface area (TPSA) is 61.3 Å². The lowest BCUT2D eigenvalue weighted by Crippen LogP contribution is -2.36. The van der Waals surface area contributed by atoms with Crippen molar-refractivity contribution in [1.29, 1.82) is 0 Å². The van der Waals surface area contributed by atoms with Gasteiger partial charge in [0.15, 0.2) is 0 Å². The van der Waals surface area contributed by atoms with Gasteiger partial charge >= 0.3 is 0 Å². The first kappa shape index (κ1) is 17.5. The van der Waals surface area contributed by atoms with Crippen LogP contribution < -0.4 is 10.2 Å². The van der Waals surface area contributed by atoms with Gasteiger partial charge in [-0.1, -0.05) is 30.3 Å². The van der Waals surface area contributed by atoms with E-state index in [0.29, 0.717) is 0 Å². The second-order valence-electron chi connectivity index (χ2n) is 6.89. The van der Waals surface area contributed by atoms with Crippen LogP contribution in [0.15, 0.2) is 67.0 Å². The number of aromatic nitrogens is 2. The molecular weight excluding hydrogens is 336 g/mol. The maximum absolute atomic E-state index is 9.71. The average Bonchev–Trinajstić information content (AvgIpc) is 2.74. The van der Waals surface area contributed by atoms with E-state index < -0.39 is 0 Å². The van der Waals surface area contributed by atoms with Crippen molar-refractivity contribution < 1.29 is 5.11 Å². The average molecular weight is 360 g/mol. The molecule has 138 valence electrons. The molecule has 0 unspecified atom stereocenters. The number of nitrogens with zero attached hydrogens (tertiary/aromatic N) is 3. The minimum Gasteiger partial charge on any atom is -0.393 e. The molecule has 0 saturated carbocycles. The van der Waals surface area contributed by atoms with E-state index in [-0.39, 0.29) is 6.10 Å². The monoisotopic (exact) mass is 360 g/mol. The van der Waals surface area contributed by atoms with Crippen LogP contribution in [-0.2, 0) is 6.54 Å². The van der Waals surface area contributed by atoms with E-state index in [1.165, 1.54) is 5.56 Å². The first-order chi connectivity index (χ1) is 13.3. The van der Waals surface area contributed by atoms with Crippen LogP contribution >= 0.6 is 0 Å². The number of anilines is 2. The molecule has 1 aliphatic rings. The second kappa shape index (κ2) is 8.18. The lowest BCUT2D eigenvalue weighted by Gasteiger charge is -2.30. The summed E-state index contributed by atoms with van der Waals surface area (Å²) in [5.41, 5.74) is 3.46. The van der Waals surface area contributed by atoms with E-state index >= 15 is 0 Å². The molecule has 4 rings (SSSR count). The van der Waals surface area contributed by atoms with Crippen LogP contribution in [0.1, 0.15) is 18.4 Å². The molecule has 5 heteroatoms. The van der Waals surface area contributed by atoms with Gasteiger partial charge in [0.25, 0.3) is 0 Å². The van der Waals surface area contributed by atoms with Gasteiger partial charge in [-0.15, -0.1) is 0 Å². The number of rotatable bonds is 5. The molecule has 1 saturated heterocycles. The molecule has 0 atom stereocenters. The third kappa shape index (κ3) is 4.44. The quantitative estimate of drug-likeness (QED) is 0.726. The Bertz CT molecular complexity index is 876. The summed E-state index contributed by atoms with van der Waals surface area (Å²) >= 11 is 0. The van der Waals surface area contributed by atoms with Crippen LogP contribution in [0, 0.1) is 0 Å². The molecule has 2 N–H and O–H groups in total. The summed E-state index contributed by atoms with van der Waals surface area (Å²) in [7, 11) is 0. The number of aliphatic hydroxyl groups excluding tert-OH is 1. The first-order valence-corrected chi connectivity index (χ1v) is 9.41. The van der Waals surface area contributed by atoms with E-state index in [4.69, 9.17) is 0 Å². The van der Waals surface area contributed by atoms with Crippen molar-refractivity contribution in [2.45, 2.75) is 25.5 Å². The molecule has 0 bridgehead atoms. The minimum absolute atomic E-state index is 0.178. The summed E-state index contributed by atoms with van der Waals surface area (Å²) in [5, 5.41) is 13.1. The fraction of sp³-hybridized carbons (Fsp3) is 0.273. The van der Waals surface area contributed by atoms with Crippen molar-refractivity contribution in [1.82, 2.24) is 9.97 Å². The van der Waals surface area contributed by atoms with Crippen molar-refractivity contribution in [2.75, 3.05) is 23.3 Å². The predicted octanol–water partition coefficient (Wildman–Crippen LogP) is 3.72. The minimum atomic E-state index is -0.178. The maximum Gasteiger partial charge on any atom is 0.129 e. The van der Waals surface area contributed by atoms with E-state index in [2.05, 4.69) is 44.5 Å². The summed E-state index contributed by atoms with van der Waals surface area (Å²) in [6.45, 7) is 2.44. The van der Waals surface area contributed by atoms with Crippen LogP contribution in [0.3, 0.4) is 0 Å². The van der Waals surface area contributed by atoms with Gasteiger partial charge in [-0.05, 0) is 53.8 Å². The SMILES string of the molecule is OC1CCN(c2cc(-c3ccnc(NCc4ccccc4)c3)ccn2)CC1. The molecule has 27 heavy (non-hydrogen) atoms. The molecule has 1 aliphatic heterocycles. The number of pyridine rings is 2. The zero-order valence-corrected chi connectivity index (χ0v) is 15.3. The van der Waals surface area contributed by atoms with E-state index in [9.17, 15) is 5.11 Å². The first-order valence-electron chi connectivity index (χ1n) is 9.41. The van der Waals surface area contributed by atoms with Crippen molar-refractivity contribution in [3.8, 4) is 11.1 Å². The largest absolute Gasteiger partial charge is 0.393 e. The fourth-order valence-electron chi connectivity index (χ4n) is 3.36. The van der Waals surface area contributed by atoms with E-state index in [0.717, 1.165) is 55.2 Å². The van der Waals surface area contributed by atoms with Crippen LogP contribution in [0.2, 0.25) is 0 Å². The standard InChI is InChI=1S/C22H24N4O/c27-20-8-12-26(13-9-20)22-15-19(7-11-24-22)18-6-10-23-21(14-18)25-16-17-4-2-1-3-5-17/h1-7,10-11,14-15,20,27H,8-9,12-13,16H2,(H,23,25). The maximum atomic E-state index is 9.71. The number of hydrogen-bond acceptors (Lipinski definition) is 5. The summed E-state index contributed by atoms with van der Waals surface area (Å²) in [4.78, 5) is 11.2. The summed E-state index contributed by atoms with van der Waals surface area (Å²) < 4.78 is 0. The second-order valence-corrected chi connectivity index (χ2v) is 6.89. The Morgan fingerprint density at radius 3 is 2.41 bits per heavy atom. The van der Waals surface area contributed by atoms with Crippen LogP contribution in [0.5, 0.6) is 0 Å². The zero-order chi connectivity index (χ0) is 18.5. The van der Waals surface area contributed by atoms with Gasteiger partial charge in [-0.3, -0.25) is 0 Å². The van der Waals surface area contributed by atoms with Crippen molar-refractivity contribution in [3.63, 3.8) is 0 Å². The Morgan fingerprint density at radius 1 is 0.926 bits per heavy atom. The van der Waals surface area contributed by atoms with Crippen molar-refractivity contribution in [2.24, 2.45) is 0 Å². The molecule has 0 radical (unpaired) electrons. The Hall–Kier alpha value is -2.92. The predicted molar refractivity (Wildman–Crippen MR) is 109 cm³/mol. The lowest BCUT2D eigenvalue weighted by molar-refractivity contribution is 0.145. The summed E-state index contributed by atoms with van der Waals surface area (Å²) in [6.07, 6.45) is 5.11. The van der Waals surface area contributed by atoms with Gasteiger partial charge in [0.2, 0.25) is 0 Å². The fourth-order valence-corrected chi connectivity index (χ4v) is 3.36. The van der Waals surface area contributed by atoms with Gasteiger partial charge in [-0.2, -0.15) is 0 Å². The molecule has 3 aromatic rings. The molecule has 1 fully saturated rings. The van der Waals surface area contributed by atoms with E-state index in [1.54, 1.807) is 0 Å². The van der Waals surface area contributed by atoms with Crippen LogP contribution in [-0.4, -0.2) is 34.3 Å². The number of nitrogens with one attached hydrogen (secondary N) is 1. The number of aliphatic hydroxyl groups is 1.